The SMILES string of the molecule is CCOc1ccc(N2C[C@H]3CN(c4ccc(S(=O)(=O)CCN)cc4)C[C@@H]2C(C)(C)C3)cc1.CCOc1ccc(N2C[C@H]3CNC[C@@H]2C(C)(C)C3)cc1.N#CCS(=O)(=O)c1ccc(F)cc1.[2H]CF. The van der Waals surface area contributed by atoms with Crippen LogP contribution in [0.4, 0.5) is 25.8 Å². The van der Waals surface area contributed by atoms with Crippen LogP contribution in [0.3, 0.4) is 0 Å². The van der Waals surface area contributed by atoms with Crippen LogP contribution in [0.5, 0.6) is 11.5 Å². The summed E-state index contributed by atoms with van der Waals surface area (Å²) in [5.74, 6) is 2.06. The molecule has 4 atom stereocenters. The number of sulfone groups is 2. The van der Waals surface area contributed by atoms with Crippen LogP contribution in [0, 0.1) is 39.8 Å². The van der Waals surface area contributed by atoms with E-state index in [0.29, 0.717) is 34.9 Å². The van der Waals surface area contributed by atoms with E-state index in [0.717, 1.165) is 86.7 Å². The zero-order valence-corrected chi connectivity index (χ0v) is 41.5. The van der Waals surface area contributed by atoms with E-state index in [-0.39, 0.29) is 22.6 Å². The second-order valence-corrected chi connectivity index (χ2v) is 22.9. The topological polar surface area (TPSA) is 158 Å². The molecular formula is C51H70F2N6O6S2. The van der Waals surface area contributed by atoms with Gasteiger partial charge in [-0.1, -0.05) is 27.7 Å². The highest BCUT2D eigenvalue weighted by atomic mass is 32.2. The number of hydrogen-bond donors (Lipinski definition) is 2. The minimum Gasteiger partial charge on any atom is -0.494 e. The predicted molar refractivity (Wildman–Crippen MR) is 265 cm³/mol. The van der Waals surface area contributed by atoms with Crippen LogP contribution in [0.2, 0.25) is 0 Å². The highest BCUT2D eigenvalue weighted by Crippen LogP contribution is 2.45. The first kappa shape index (κ1) is 51.4. The third kappa shape index (κ3) is 13.6. The molecule has 0 amide bonds. The van der Waals surface area contributed by atoms with Gasteiger partial charge in [-0.3, -0.25) is 4.39 Å². The fraction of sp³-hybridized carbons (Fsp3) is 0.510. The van der Waals surface area contributed by atoms with E-state index in [1.54, 1.807) is 12.1 Å². The minimum absolute atomic E-state index is 0.0224. The van der Waals surface area contributed by atoms with Gasteiger partial charge in [0.2, 0.25) is 0 Å². The van der Waals surface area contributed by atoms with Crippen molar-refractivity contribution < 1.29 is 36.5 Å². The van der Waals surface area contributed by atoms with Gasteiger partial charge in [-0.15, -0.1) is 0 Å². The van der Waals surface area contributed by atoms with Crippen molar-refractivity contribution in [2.75, 3.05) is 92.4 Å². The predicted octanol–water partition coefficient (Wildman–Crippen LogP) is 8.18. The number of nitrogens with one attached hydrogen (secondary N) is 1. The minimum atomic E-state index is -3.55. The number of piperidine rings is 2. The van der Waals surface area contributed by atoms with E-state index in [1.165, 1.54) is 36.8 Å². The summed E-state index contributed by atoms with van der Waals surface area (Å²) >= 11 is 0. The molecule has 4 bridgehead atoms. The second kappa shape index (κ2) is 23.4. The van der Waals surface area contributed by atoms with Gasteiger partial charge in [0.15, 0.2) is 19.7 Å². The van der Waals surface area contributed by atoms with Gasteiger partial charge in [-0.05, 0) is 153 Å². The zero-order chi connectivity index (χ0) is 49.7. The molecule has 366 valence electrons. The van der Waals surface area contributed by atoms with E-state index in [1.807, 2.05) is 26.0 Å². The molecule has 0 spiro atoms. The number of benzene rings is 4. The molecule has 0 saturated carbocycles. The molecule has 10 rings (SSSR count). The largest absolute Gasteiger partial charge is 0.494 e. The Bertz CT molecular complexity index is 2460. The van der Waals surface area contributed by atoms with Crippen LogP contribution in [-0.2, 0) is 19.7 Å². The van der Waals surface area contributed by atoms with E-state index in [9.17, 15) is 25.6 Å². The molecule has 4 aromatic carbocycles. The average Bonchev–Trinajstić information content (AvgIpc) is 3.74. The molecule has 67 heavy (non-hydrogen) atoms. The Morgan fingerprint density at radius 2 is 1.16 bits per heavy atom. The highest BCUT2D eigenvalue weighted by Gasteiger charge is 2.46. The first-order valence-corrected chi connectivity index (χ1v) is 26.3. The number of nitrogens with two attached hydrogens (primary N) is 1. The van der Waals surface area contributed by atoms with Crippen LogP contribution in [-0.4, -0.2) is 107 Å². The molecule has 6 aliphatic heterocycles. The number of nitrogens with zero attached hydrogens (tertiary/aromatic N) is 4. The van der Waals surface area contributed by atoms with Gasteiger partial charge in [0, 0.05) is 62.4 Å². The Labute approximate surface area is 399 Å². The lowest BCUT2D eigenvalue weighted by Crippen LogP contribution is -2.53. The molecule has 12 nitrogen and oxygen atoms in total. The molecule has 6 heterocycles. The normalized spacial score (nSPS) is 21.6. The highest BCUT2D eigenvalue weighted by molar-refractivity contribution is 7.91. The van der Waals surface area contributed by atoms with Gasteiger partial charge in [-0.2, -0.15) is 5.26 Å². The fourth-order valence-electron chi connectivity index (χ4n) is 10.1. The Morgan fingerprint density at radius 3 is 1.69 bits per heavy atom. The Morgan fingerprint density at radius 1 is 0.701 bits per heavy atom. The van der Waals surface area contributed by atoms with Crippen molar-refractivity contribution >= 4 is 36.7 Å². The summed E-state index contributed by atoms with van der Waals surface area (Å²) in [7, 11) is -7.86. The van der Waals surface area contributed by atoms with Crippen molar-refractivity contribution in [3.8, 4) is 17.6 Å². The molecule has 0 radical (unpaired) electrons. The Balaban J connectivity index is 0.000000204. The third-order valence-electron chi connectivity index (χ3n) is 13.1. The smallest absolute Gasteiger partial charge is 0.191 e. The van der Waals surface area contributed by atoms with Gasteiger partial charge in [0.25, 0.3) is 0 Å². The van der Waals surface area contributed by atoms with E-state index >= 15 is 0 Å². The number of halogens is 2. The molecule has 3 N–H and O–H groups in total. The maximum atomic E-state index is 12.4. The van der Waals surface area contributed by atoms with E-state index < -0.39 is 38.4 Å². The zero-order valence-electron chi connectivity index (χ0n) is 40.8. The quantitative estimate of drug-likeness (QED) is 0.132. The lowest BCUT2D eigenvalue weighted by atomic mass is 9.73. The average molecular weight is 966 g/mol. The fourth-order valence-corrected chi connectivity index (χ4v) is 12.1. The molecule has 0 unspecified atom stereocenters. The number of rotatable bonds is 12. The standard InChI is InChI=1S/C25H35N3O3S.C17H26N2O.C8H6FNO2S.CH3F/c1-4-31-22-9-5-21(6-10-22)28-17-19-15-25(2,3)24(28)18-27(16-19)20-7-11-23(12-8-20)32(29,30)14-13-26;1-4-20-15-7-5-14(6-8-15)19-12-13-9-17(2,3)16(19)11-18-10-13;9-7-1-3-8(4-2-7)13(11,12)6-5-10;1-2/h5-12,19,24H,4,13-18,26H2,1-3H3;5-8,13,16,18H,4,9-12H2,1-3H3;1-4H,6H2;1H3/t19-,24-;13-,16-;;/m11../s1/i;;;1D. The van der Waals surface area contributed by atoms with Crippen LogP contribution in [0.1, 0.15) is 55.8 Å². The van der Waals surface area contributed by atoms with Crippen molar-refractivity contribution in [1.82, 2.24) is 5.32 Å². The van der Waals surface area contributed by atoms with Crippen LogP contribution >= 0.6 is 0 Å². The molecule has 16 heteroatoms. The Kier molecular flexibility index (Phi) is 17.9. The maximum absolute atomic E-state index is 12.4. The second-order valence-electron chi connectivity index (χ2n) is 18.8. The first-order chi connectivity index (χ1) is 32.3. The maximum Gasteiger partial charge on any atom is 0.191 e. The summed E-state index contributed by atoms with van der Waals surface area (Å²) in [6.45, 7) is 21.5. The summed E-state index contributed by atoms with van der Waals surface area (Å²) in [4.78, 5) is 7.91. The van der Waals surface area contributed by atoms with Gasteiger partial charge in [-0.25, -0.2) is 21.2 Å². The molecule has 6 saturated heterocycles. The van der Waals surface area contributed by atoms with E-state index in [4.69, 9.17) is 21.8 Å². The monoisotopic (exact) mass is 965 g/mol. The lowest BCUT2D eigenvalue weighted by Gasteiger charge is -2.48. The number of anilines is 3. The summed E-state index contributed by atoms with van der Waals surface area (Å²) in [6.07, 6.45) is 2.52. The van der Waals surface area contributed by atoms with Crippen molar-refractivity contribution in [3.63, 3.8) is 0 Å². The first-order valence-electron chi connectivity index (χ1n) is 23.7. The molecule has 0 aliphatic carbocycles. The summed E-state index contributed by atoms with van der Waals surface area (Å²) in [5, 5.41) is 11.8. The van der Waals surface area contributed by atoms with E-state index in [2.05, 4.69) is 96.2 Å². The number of alkyl halides is 1. The lowest BCUT2D eigenvalue weighted by molar-refractivity contribution is 0.192. The van der Waals surface area contributed by atoms with Crippen molar-refractivity contribution in [3.05, 3.63) is 103 Å². The number of ether oxygens (including phenoxy) is 2. The summed E-state index contributed by atoms with van der Waals surface area (Å²) in [6, 6.07) is 31.3. The molecule has 0 aromatic heterocycles. The van der Waals surface area contributed by atoms with Gasteiger partial charge in [0.1, 0.15) is 23.1 Å². The van der Waals surface area contributed by atoms with Crippen molar-refractivity contribution in [2.24, 2.45) is 28.4 Å². The number of fused-ring (bicyclic) bond motifs is 8. The van der Waals surface area contributed by atoms with Crippen LogP contribution < -0.4 is 35.2 Å². The van der Waals surface area contributed by atoms with Gasteiger partial charge < -0.3 is 35.2 Å². The van der Waals surface area contributed by atoms with Crippen LogP contribution in [0.15, 0.2) is 107 Å². The summed E-state index contributed by atoms with van der Waals surface area (Å²) in [5.41, 5.74) is 9.68. The molecule has 6 fully saturated rings. The number of nitriles is 1. The van der Waals surface area contributed by atoms with Crippen molar-refractivity contribution in [1.29, 1.82) is 5.26 Å². The summed E-state index contributed by atoms with van der Waals surface area (Å²) < 4.78 is 86.1. The van der Waals surface area contributed by atoms with Crippen LogP contribution in [0.25, 0.3) is 0 Å². The Hall–Kier alpha value is -4.95. The molecule has 4 aromatic rings. The molecular weight excluding hydrogens is 895 g/mol. The van der Waals surface area contributed by atoms with Gasteiger partial charge in [0.05, 0.1) is 49.4 Å². The van der Waals surface area contributed by atoms with Gasteiger partial charge >= 0.3 is 0 Å². The van der Waals surface area contributed by atoms with Crippen molar-refractivity contribution in [2.45, 2.75) is 76.3 Å². The third-order valence-corrected chi connectivity index (χ3v) is 16.3. The number of hydrogen-bond acceptors (Lipinski definition) is 12. The molecule has 6 aliphatic rings.